The van der Waals surface area contributed by atoms with Crippen LogP contribution in [-0.2, 0) is 24.0 Å². The molecule has 5 heteroatoms. The van der Waals surface area contributed by atoms with Crippen molar-refractivity contribution < 1.29 is 24.0 Å². The molecule has 0 spiro atoms. The van der Waals surface area contributed by atoms with Crippen molar-refractivity contribution in [1.82, 2.24) is 0 Å². The second kappa shape index (κ2) is 12.5. The summed E-state index contributed by atoms with van der Waals surface area (Å²) in [6.45, 7) is 9.41. The third-order valence-corrected chi connectivity index (χ3v) is 2.74. The van der Waals surface area contributed by atoms with Crippen LogP contribution < -0.4 is 0 Å². The van der Waals surface area contributed by atoms with E-state index in [0.29, 0.717) is 26.1 Å². The lowest BCUT2D eigenvalue weighted by molar-refractivity contribution is -0.465. The second-order valence-electron chi connectivity index (χ2n) is 4.70. The Balaban J connectivity index is 4.80. The third kappa shape index (κ3) is 8.17. The van der Waals surface area contributed by atoms with Gasteiger partial charge in [-0.05, 0) is 25.7 Å². The number of rotatable bonds is 14. The topological polar surface area (TPSA) is 46.2 Å². The van der Waals surface area contributed by atoms with E-state index in [4.69, 9.17) is 24.0 Å². The number of unbranched alkanes of at least 4 members (excludes halogenated alkanes) is 1. The van der Waals surface area contributed by atoms with E-state index in [1.54, 1.807) is 0 Å². The normalized spacial score (nSPS) is 13.7. The van der Waals surface area contributed by atoms with Crippen molar-refractivity contribution in [2.45, 2.75) is 78.5 Å². The first kappa shape index (κ1) is 19.8. The Morgan fingerprint density at radius 2 is 1.50 bits per heavy atom. The summed E-state index contributed by atoms with van der Waals surface area (Å²) >= 11 is 0. The van der Waals surface area contributed by atoms with Crippen LogP contribution in [0.1, 0.15) is 66.2 Å². The molecule has 0 bridgehead atoms. The van der Waals surface area contributed by atoms with Gasteiger partial charge in [0.15, 0.2) is 6.29 Å². The molecular formula is C15H32O5. The van der Waals surface area contributed by atoms with Crippen LogP contribution in [0.25, 0.3) is 0 Å². The summed E-state index contributed by atoms with van der Waals surface area (Å²) in [4.78, 5) is 9.82. The van der Waals surface area contributed by atoms with Gasteiger partial charge >= 0.3 is 0 Å². The van der Waals surface area contributed by atoms with Crippen molar-refractivity contribution in [3.63, 3.8) is 0 Å². The molecule has 0 heterocycles. The molecule has 0 aliphatic rings. The molecule has 20 heavy (non-hydrogen) atoms. The van der Waals surface area contributed by atoms with E-state index >= 15 is 0 Å². The van der Waals surface area contributed by atoms with Crippen molar-refractivity contribution in [2.24, 2.45) is 0 Å². The van der Waals surface area contributed by atoms with Crippen LogP contribution in [-0.4, -0.2) is 32.6 Å². The molecule has 122 valence electrons. The standard InChI is InChI=1S/C15H32O5/c1-6-10-11-15(17-12-7-2,18-13-8-3)19-14(9-4)20-16-5/h14H,6-13H2,1-5H3. The highest BCUT2D eigenvalue weighted by molar-refractivity contribution is 4.60. The molecule has 0 aliphatic heterocycles. The van der Waals surface area contributed by atoms with Crippen molar-refractivity contribution in [3.05, 3.63) is 0 Å². The average molecular weight is 292 g/mol. The van der Waals surface area contributed by atoms with Crippen molar-refractivity contribution in [3.8, 4) is 0 Å². The van der Waals surface area contributed by atoms with Crippen LogP contribution in [0.15, 0.2) is 0 Å². The van der Waals surface area contributed by atoms with Crippen LogP contribution >= 0.6 is 0 Å². The average Bonchev–Trinajstić information content (AvgIpc) is 2.48. The fourth-order valence-electron chi connectivity index (χ4n) is 1.70. The molecule has 0 N–H and O–H groups in total. The zero-order valence-electron chi connectivity index (χ0n) is 13.8. The summed E-state index contributed by atoms with van der Waals surface area (Å²) in [5.74, 6) is -1.03. The van der Waals surface area contributed by atoms with Crippen LogP contribution in [0.3, 0.4) is 0 Å². The highest BCUT2D eigenvalue weighted by Crippen LogP contribution is 2.27. The quantitative estimate of drug-likeness (QED) is 0.275. The Labute approximate surface area is 123 Å². The Morgan fingerprint density at radius 1 is 0.900 bits per heavy atom. The molecule has 0 saturated carbocycles. The molecule has 1 unspecified atom stereocenters. The first-order chi connectivity index (χ1) is 9.67. The van der Waals surface area contributed by atoms with Gasteiger partial charge in [0.2, 0.25) is 0 Å². The van der Waals surface area contributed by atoms with E-state index in [2.05, 4.69) is 20.8 Å². The summed E-state index contributed by atoms with van der Waals surface area (Å²) in [5, 5.41) is 0. The first-order valence-electron chi connectivity index (χ1n) is 7.83. The second-order valence-corrected chi connectivity index (χ2v) is 4.70. The molecule has 0 amide bonds. The molecule has 0 rings (SSSR count). The lowest BCUT2D eigenvalue weighted by atomic mass is 10.2. The van der Waals surface area contributed by atoms with Gasteiger partial charge < -0.3 is 9.47 Å². The van der Waals surface area contributed by atoms with Crippen molar-refractivity contribution in [1.29, 1.82) is 0 Å². The minimum absolute atomic E-state index is 0.495. The van der Waals surface area contributed by atoms with E-state index < -0.39 is 12.3 Å². The molecule has 0 radical (unpaired) electrons. The third-order valence-electron chi connectivity index (χ3n) is 2.74. The number of hydrogen-bond acceptors (Lipinski definition) is 5. The molecule has 5 nitrogen and oxygen atoms in total. The van der Waals surface area contributed by atoms with Gasteiger partial charge in [0.05, 0.1) is 20.3 Å². The summed E-state index contributed by atoms with van der Waals surface area (Å²) in [6, 6.07) is 0. The van der Waals surface area contributed by atoms with Gasteiger partial charge in [-0.1, -0.05) is 34.1 Å². The zero-order valence-corrected chi connectivity index (χ0v) is 13.8. The Hall–Kier alpha value is -0.200. The molecule has 0 aromatic carbocycles. The number of hydrogen-bond donors (Lipinski definition) is 0. The van der Waals surface area contributed by atoms with E-state index in [1.165, 1.54) is 7.11 Å². The van der Waals surface area contributed by atoms with Crippen LogP contribution in [0, 0.1) is 0 Å². The molecular weight excluding hydrogens is 260 g/mol. The first-order valence-corrected chi connectivity index (χ1v) is 7.83. The van der Waals surface area contributed by atoms with Crippen LogP contribution in [0.4, 0.5) is 0 Å². The van der Waals surface area contributed by atoms with Crippen molar-refractivity contribution in [2.75, 3.05) is 20.3 Å². The fraction of sp³-hybridized carbons (Fsp3) is 1.00. The Morgan fingerprint density at radius 3 is 1.90 bits per heavy atom. The summed E-state index contributed by atoms with van der Waals surface area (Å²) in [5.41, 5.74) is 0. The lowest BCUT2D eigenvalue weighted by Crippen LogP contribution is -2.43. The number of ether oxygens (including phenoxy) is 3. The summed E-state index contributed by atoms with van der Waals surface area (Å²) in [7, 11) is 1.47. The van der Waals surface area contributed by atoms with Gasteiger partial charge in [-0.15, -0.1) is 0 Å². The van der Waals surface area contributed by atoms with E-state index in [1.807, 2.05) is 6.92 Å². The minimum atomic E-state index is -1.03. The van der Waals surface area contributed by atoms with E-state index in [-0.39, 0.29) is 0 Å². The lowest BCUT2D eigenvalue weighted by Gasteiger charge is -2.35. The molecule has 0 fully saturated rings. The molecule has 0 saturated heterocycles. The Kier molecular flexibility index (Phi) is 12.4. The van der Waals surface area contributed by atoms with Gasteiger partial charge in [-0.25, -0.2) is 9.78 Å². The largest absolute Gasteiger partial charge is 0.327 e. The smallest absolute Gasteiger partial charge is 0.285 e. The Bertz CT molecular complexity index is 189. The van der Waals surface area contributed by atoms with Crippen LogP contribution in [0.2, 0.25) is 0 Å². The monoisotopic (exact) mass is 292 g/mol. The van der Waals surface area contributed by atoms with Gasteiger partial charge in [-0.3, -0.25) is 4.74 Å². The maximum atomic E-state index is 5.94. The maximum Gasteiger partial charge on any atom is 0.285 e. The predicted octanol–water partition coefficient (Wildman–Crippen LogP) is 4.01. The molecule has 0 aliphatic carbocycles. The van der Waals surface area contributed by atoms with Crippen LogP contribution in [0.5, 0.6) is 0 Å². The molecule has 0 aromatic heterocycles. The zero-order chi connectivity index (χ0) is 15.3. The SMILES string of the molecule is CCCCC(OCCC)(OCCC)OC(CC)OOC. The minimum Gasteiger partial charge on any atom is -0.327 e. The van der Waals surface area contributed by atoms with Gasteiger partial charge in [0.1, 0.15) is 0 Å². The van der Waals surface area contributed by atoms with E-state index in [0.717, 1.165) is 25.7 Å². The van der Waals surface area contributed by atoms with Crippen molar-refractivity contribution >= 4 is 0 Å². The van der Waals surface area contributed by atoms with Gasteiger partial charge in [0.25, 0.3) is 5.97 Å². The molecule has 0 aromatic rings. The highest BCUT2D eigenvalue weighted by atomic mass is 17.2. The fourth-order valence-corrected chi connectivity index (χ4v) is 1.70. The van der Waals surface area contributed by atoms with Gasteiger partial charge in [0, 0.05) is 6.42 Å². The highest BCUT2D eigenvalue weighted by Gasteiger charge is 2.36. The maximum absolute atomic E-state index is 5.94. The predicted molar refractivity (Wildman–Crippen MR) is 78.0 cm³/mol. The summed E-state index contributed by atoms with van der Waals surface area (Å²) in [6.07, 6.45) is 4.70. The molecule has 1 atom stereocenters. The van der Waals surface area contributed by atoms with E-state index in [9.17, 15) is 0 Å². The summed E-state index contributed by atoms with van der Waals surface area (Å²) < 4.78 is 17.7. The van der Waals surface area contributed by atoms with Gasteiger partial charge in [-0.2, -0.15) is 0 Å².